The first-order valence-corrected chi connectivity index (χ1v) is 8.93. The van der Waals surface area contributed by atoms with E-state index < -0.39 is 21.8 Å². The average Bonchev–Trinajstić information content (AvgIpc) is 3.03. The molecule has 22 heavy (non-hydrogen) atoms. The molecular formula is C15H17BrFN3OS. The summed E-state index contributed by atoms with van der Waals surface area (Å²) >= 11 is 2.11. The molecule has 0 aliphatic heterocycles. The smallest absolute Gasteiger partial charge is 0.151 e. The minimum atomic E-state index is -1.32. The number of fused-ring (bicyclic) bond motifs is 1. The van der Waals surface area contributed by atoms with Crippen molar-refractivity contribution in [3.63, 3.8) is 0 Å². The van der Waals surface area contributed by atoms with E-state index in [2.05, 4.69) is 25.3 Å². The normalized spacial score (nSPS) is 19.0. The van der Waals surface area contributed by atoms with Crippen LogP contribution < -0.4 is 0 Å². The maximum Gasteiger partial charge on any atom is 0.151 e. The van der Waals surface area contributed by atoms with Crippen LogP contribution in [0.3, 0.4) is 0 Å². The molecule has 0 spiro atoms. The lowest BCUT2D eigenvalue weighted by Gasteiger charge is -2.17. The second-order valence-electron chi connectivity index (χ2n) is 6.53. The predicted octanol–water partition coefficient (Wildman–Crippen LogP) is 3.94. The Labute approximate surface area is 140 Å². The van der Waals surface area contributed by atoms with Gasteiger partial charge in [-0.05, 0) is 55.6 Å². The number of pyridine rings is 1. The molecule has 1 aliphatic rings. The highest BCUT2D eigenvalue weighted by Crippen LogP contribution is 2.50. The molecule has 7 heteroatoms. The first-order chi connectivity index (χ1) is 10.2. The van der Waals surface area contributed by atoms with E-state index in [0.717, 1.165) is 4.47 Å². The van der Waals surface area contributed by atoms with Crippen LogP contribution in [0.1, 0.15) is 44.9 Å². The quantitative estimate of drug-likeness (QED) is 0.593. The molecule has 0 aromatic carbocycles. The summed E-state index contributed by atoms with van der Waals surface area (Å²) in [5, 5.41) is 0. The number of aromatic nitrogens is 2. The highest BCUT2D eigenvalue weighted by molar-refractivity contribution is 9.10. The summed E-state index contributed by atoms with van der Waals surface area (Å²) in [4.78, 5) is 4.42. The number of imidazole rings is 1. The number of nitrogens with zero attached hydrogens (tertiary/aromatic N) is 3. The van der Waals surface area contributed by atoms with Gasteiger partial charge in [-0.2, -0.15) is 0 Å². The molecule has 0 unspecified atom stereocenters. The van der Waals surface area contributed by atoms with Gasteiger partial charge in [0.1, 0.15) is 33.7 Å². The van der Waals surface area contributed by atoms with Crippen molar-refractivity contribution in [3.8, 4) is 0 Å². The Bertz CT molecular complexity index is 749. The van der Waals surface area contributed by atoms with Crippen LogP contribution in [-0.4, -0.2) is 24.9 Å². The van der Waals surface area contributed by atoms with Gasteiger partial charge in [0.15, 0.2) is 5.65 Å². The number of hydrogen-bond donors (Lipinski definition) is 0. The van der Waals surface area contributed by atoms with Gasteiger partial charge in [-0.15, -0.1) is 0 Å². The molecule has 2 heterocycles. The minimum Gasteiger partial charge on any atom is -0.591 e. The van der Waals surface area contributed by atoms with E-state index in [-0.39, 0.29) is 0 Å². The van der Waals surface area contributed by atoms with Crippen LogP contribution in [0.4, 0.5) is 4.39 Å². The van der Waals surface area contributed by atoms with E-state index in [9.17, 15) is 8.94 Å². The third-order valence-corrected chi connectivity index (χ3v) is 5.46. The van der Waals surface area contributed by atoms with Gasteiger partial charge in [0.25, 0.3) is 0 Å². The first kappa shape index (κ1) is 16.0. The number of hydrogen-bond acceptors (Lipinski definition) is 3. The minimum absolute atomic E-state index is 0.407. The Morgan fingerprint density at radius 3 is 2.73 bits per heavy atom. The zero-order valence-corrected chi connectivity index (χ0v) is 15.0. The largest absolute Gasteiger partial charge is 0.591 e. The van der Waals surface area contributed by atoms with E-state index in [1.54, 1.807) is 22.9 Å². The molecule has 3 rings (SSSR count). The Morgan fingerprint density at radius 1 is 1.45 bits per heavy atom. The average molecular weight is 386 g/mol. The molecule has 0 N–H and O–H groups in total. The van der Waals surface area contributed by atoms with Crippen molar-refractivity contribution < 1.29 is 8.94 Å². The van der Waals surface area contributed by atoms with Gasteiger partial charge in [-0.3, -0.25) is 0 Å². The molecule has 1 fully saturated rings. The summed E-state index contributed by atoms with van der Waals surface area (Å²) < 4.78 is 32.3. The summed E-state index contributed by atoms with van der Waals surface area (Å²) in [5.41, 5.74) is 0.754. The summed E-state index contributed by atoms with van der Waals surface area (Å²) in [6.07, 6.45) is 6.16. The highest BCUT2D eigenvalue weighted by atomic mass is 79.9. The monoisotopic (exact) mass is 385 g/mol. The zero-order chi connectivity index (χ0) is 16.1. The van der Waals surface area contributed by atoms with Gasteiger partial charge in [0.2, 0.25) is 0 Å². The summed E-state index contributed by atoms with van der Waals surface area (Å²) in [7, 11) is 0. The summed E-state index contributed by atoms with van der Waals surface area (Å²) in [6, 6.07) is 1.78. The van der Waals surface area contributed by atoms with Gasteiger partial charge >= 0.3 is 0 Å². The van der Waals surface area contributed by atoms with Crippen LogP contribution in [-0.2, 0) is 17.0 Å². The number of alkyl halides is 1. The first-order valence-electron chi connectivity index (χ1n) is 7.03. The standard InChI is InChI=1S/C15H17BrFN3OS/c1-14(2,3)22(21)18-7-11-9-20-8-10(15(17)4-5-15)6-12(16)13(20)19-11/h6-9H,4-5H2,1-3H3/b18-7+/t22-/m1/s1. The fourth-order valence-electron chi connectivity index (χ4n) is 2.04. The summed E-state index contributed by atoms with van der Waals surface area (Å²) in [6.45, 7) is 5.59. The van der Waals surface area contributed by atoms with Crippen LogP contribution >= 0.6 is 15.9 Å². The van der Waals surface area contributed by atoms with Gasteiger partial charge < -0.3 is 8.95 Å². The highest BCUT2D eigenvalue weighted by Gasteiger charge is 2.45. The van der Waals surface area contributed by atoms with Gasteiger partial charge in [0.05, 0.1) is 4.47 Å². The molecule has 2 aromatic rings. The van der Waals surface area contributed by atoms with E-state index in [1.165, 1.54) is 6.21 Å². The number of rotatable bonds is 3. The number of halogens is 2. The third kappa shape index (κ3) is 3.07. The van der Waals surface area contributed by atoms with Crippen LogP contribution in [0.15, 0.2) is 27.3 Å². The van der Waals surface area contributed by atoms with Crippen molar-refractivity contribution in [2.24, 2.45) is 4.40 Å². The van der Waals surface area contributed by atoms with Gasteiger partial charge in [0, 0.05) is 18.0 Å². The van der Waals surface area contributed by atoms with Crippen LogP contribution in [0.5, 0.6) is 0 Å². The lowest BCUT2D eigenvalue weighted by atomic mass is 10.1. The Kier molecular flexibility index (Phi) is 3.86. The van der Waals surface area contributed by atoms with Crippen molar-refractivity contribution in [1.29, 1.82) is 0 Å². The van der Waals surface area contributed by atoms with Crippen LogP contribution in [0.2, 0.25) is 0 Å². The molecule has 2 aromatic heterocycles. The van der Waals surface area contributed by atoms with E-state index in [4.69, 9.17) is 0 Å². The van der Waals surface area contributed by atoms with Crippen molar-refractivity contribution >= 4 is 39.2 Å². The van der Waals surface area contributed by atoms with Crippen molar-refractivity contribution in [1.82, 2.24) is 9.38 Å². The molecule has 1 atom stereocenters. The second kappa shape index (κ2) is 5.32. The maximum atomic E-state index is 14.2. The SMILES string of the molecule is CC(C)(C)[S@@+]([O-])/N=C/c1cn2cc(C3(F)CC3)cc(Br)c2n1. The Balaban J connectivity index is 1.93. The van der Waals surface area contributed by atoms with Crippen LogP contribution in [0.25, 0.3) is 5.65 Å². The Hall–Kier alpha value is -0.920. The molecule has 1 saturated carbocycles. The maximum absolute atomic E-state index is 14.2. The fraction of sp³-hybridized carbons (Fsp3) is 0.467. The molecule has 4 nitrogen and oxygen atoms in total. The molecule has 0 saturated heterocycles. The van der Waals surface area contributed by atoms with Gasteiger partial charge in [-0.25, -0.2) is 9.37 Å². The molecule has 0 bridgehead atoms. The van der Waals surface area contributed by atoms with Crippen LogP contribution in [0, 0.1) is 0 Å². The third-order valence-electron chi connectivity index (χ3n) is 3.54. The molecule has 1 aliphatic carbocycles. The topological polar surface area (TPSA) is 52.7 Å². The van der Waals surface area contributed by atoms with E-state index in [1.807, 2.05) is 20.8 Å². The molecule has 118 valence electrons. The zero-order valence-electron chi connectivity index (χ0n) is 12.6. The Morgan fingerprint density at radius 2 is 2.14 bits per heavy atom. The fourth-order valence-corrected chi connectivity index (χ4v) is 3.10. The lowest BCUT2D eigenvalue weighted by Crippen LogP contribution is -2.25. The molecule has 0 radical (unpaired) electrons. The van der Waals surface area contributed by atoms with Crippen molar-refractivity contribution in [3.05, 3.63) is 34.2 Å². The molecule has 0 amide bonds. The van der Waals surface area contributed by atoms with Gasteiger partial charge in [-0.1, -0.05) is 4.40 Å². The van der Waals surface area contributed by atoms with Crippen molar-refractivity contribution in [2.45, 2.75) is 44.0 Å². The van der Waals surface area contributed by atoms with Crippen molar-refractivity contribution in [2.75, 3.05) is 0 Å². The lowest BCUT2D eigenvalue weighted by molar-refractivity contribution is 0.316. The van der Waals surface area contributed by atoms with E-state index >= 15 is 0 Å². The van der Waals surface area contributed by atoms with E-state index in [0.29, 0.717) is 29.7 Å². The predicted molar refractivity (Wildman–Crippen MR) is 90.4 cm³/mol. The molecular weight excluding hydrogens is 369 g/mol. The summed E-state index contributed by atoms with van der Waals surface area (Å²) in [5.74, 6) is 0. The second-order valence-corrected chi connectivity index (χ2v) is 9.32.